The van der Waals surface area contributed by atoms with Crippen molar-refractivity contribution in [3.8, 4) is 0 Å². The lowest BCUT2D eigenvalue weighted by Crippen LogP contribution is -2.47. The topological polar surface area (TPSA) is 59.4 Å². The number of ether oxygens (including phenoxy) is 1. The molecule has 1 aromatic carbocycles. The Bertz CT molecular complexity index is 696. The molecule has 6 nitrogen and oxygen atoms in total. The first-order valence-electron chi connectivity index (χ1n) is 8.87. The van der Waals surface area contributed by atoms with E-state index in [9.17, 15) is 4.79 Å². The van der Waals surface area contributed by atoms with Gasteiger partial charge in [-0.05, 0) is 23.6 Å². The van der Waals surface area contributed by atoms with Crippen LogP contribution in [0.2, 0.25) is 0 Å². The fourth-order valence-electron chi connectivity index (χ4n) is 3.06. The molecule has 6 heteroatoms. The van der Waals surface area contributed by atoms with Crippen molar-refractivity contribution >= 4 is 6.03 Å². The monoisotopic (exact) mass is 342 g/mol. The van der Waals surface area contributed by atoms with E-state index in [4.69, 9.17) is 4.74 Å². The number of rotatable bonds is 5. The Labute approximate surface area is 148 Å². The van der Waals surface area contributed by atoms with E-state index in [2.05, 4.69) is 41.6 Å². The van der Waals surface area contributed by atoms with Gasteiger partial charge in [0.25, 0.3) is 0 Å². The van der Waals surface area contributed by atoms with Crippen molar-refractivity contribution in [1.82, 2.24) is 20.0 Å². The maximum atomic E-state index is 12.4. The van der Waals surface area contributed by atoms with Gasteiger partial charge >= 0.3 is 6.03 Å². The number of hydrogen-bond donors (Lipinski definition) is 1. The molecule has 0 saturated carbocycles. The molecular weight excluding hydrogens is 316 g/mol. The molecule has 1 atom stereocenters. The van der Waals surface area contributed by atoms with E-state index in [-0.39, 0.29) is 12.1 Å². The van der Waals surface area contributed by atoms with Gasteiger partial charge in [0.05, 0.1) is 13.2 Å². The summed E-state index contributed by atoms with van der Waals surface area (Å²) in [5.41, 5.74) is 3.55. The van der Waals surface area contributed by atoms with Crippen LogP contribution in [0, 0.1) is 0 Å². The highest BCUT2D eigenvalue weighted by Crippen LogP contribution is 2.22. The highest BCUT2D eigenvalue weighted by molar-refractivity contribution is 5.74. The van der Waals surface area contributed by atoms with Crippen molar-refractivity contribution < 1.29 is 9.53 Å². The second kappa shape index (κ2) is 8.16. The number of hydrogen-bond acceptors (Lipinski definition) is 3. The van der Waals surface area contributed by atoms with Crippen LogP contribution in [0.15, 0.2) is 36.5 Å². The third-order valence-corrected chi connectivity index (χ3v) is 4.69. The van der Waals surface area contributed by atoms with Gasteiger partial charge < -0.3 is 15.0 Å². The minimum absolute atomic E-state index is 0.0272. The number of aromatic nitrogens is 2. The molecule has 3 rings (SSSR count). The van der Waals surface area contributed by atoms with E-state index in [1.54, 1.807) is 6.20 Å². The smallest absolute Gasteiger partial charge is 0.317 e. The lowest BCUT2D eigenvalue weighted by Gasteiger charge is -2.33. The summed E-state index contributed by atoms with van der Waals surface area (Å²) in [4.78, 5) is 14.3. The summed E-state index contributed by atoms with van der Waals surface area (Å²) in [5, 5.41) is 7.14. The maximum Gasteiger partial charge on any atom is 0.317 e. The zero-order valence-electron chi connectivity index (χ0n) is 14.9. The Morgan fingerprint density at radius 3 is 2.80 bits per heavy atom. The summed E-state index contributed by atoms with van der Waals surface area (Å²) >= 11 is 0. The van der Waals surface area contributed by atoms with Crippen molar-refractivity contribution in [1.29, 1.82) is 0 Å². The van der Waals surface area contributed by atoms with Gasteiger partial charge in [0.15, 0.2) is 0 Å². The summed E-state index contributed by atoms with van der Waals surface area (Å²) in [5.74, 6) is 0. The molecule has 2 heterocycles. The second-order valence-corrected chi connectivity index (χ2v) is 6.33. The molecule has 0 spiro atoms. The minimum atomic E-state index is -0.0533. The number of amides is 2. The summed E-state index contributed by atoms with van der Waals surface area (Å²) in [6.07, 6.45) is 3.52. The number of carbonyl (C=O) groups is 1. The summed E-state index contributed by atoms with van der Waals surface area (Å²) in [6, 6.07) is 10.4. The largest absolute Gasteiger partial charge is 0.370 e. The van der Waals surface area contributed by atoms with Crippen LogP contribution in [0.25, 0.3) is 0 Å². The molecular formula is C19H26N4O2. The first-order valence-corrected chi connectivity index (χ1v) is 8.87. The van der Waals surface area contributed by atoms with E-state index >= 15 is 0 Å². The Morgan fingerprint density at radius 2 is 2.12 bits per heavy atom. The predicted octanol–water partition coefficient (Wildman–Crippen LogP) is 2.31. The molecule has 134 valence electrons. The second-order valence-electron chi connectivity index (χ2n) is 6.33. The van der Waals surface area contributed by atoms with E-state index in [1.807, 2.05) is 22.7 Å². The number of aryl methyl sites for hydroxylation is 2. The Morgan fingerprint density at radius 1 is 1.32 bits per heavy atom. The quantitative estimate of drug-likeness (QED) is 0.907. The van der Waals surface area contributed by atoms with Gasteiger partial charge in [-0.25, -0.2) is 4.79 Å². The van der Waals surface area contributed by atoms with E-state index in [0.29, 0.717) is 26.2 Å². The molecule has 1 saturated heterocycles. The third-order valence-electron chi connectivity index (χ3n) is 4.69. The standard InChI is InChI=1S/C19H26N4O2/c1-3-15-4-6-16(7-5-15)18-14-23(12-13-25-18)19(24)20-10-8-17-9-11-21-22(17)2/h4-7,9,11,18H,3,8,10,12-14H2,1-2H3,(H,20,24)/t18-/m1/s1. The predicted molar refractivity (Wildman–Crippen MR) is 96.4 cm³/mol. The van der Waals surface area contributed by atoms with Crippen LogP contribution in [0.5, 0.6) is 0 Å². The SMILES string of the molecule is CCc1ccc([C@H]2CN(C(=O)NCCc3ccnn3C)CCO2)cc1. The fourth-order valence-corrected chi connectivity index (χ4v) is 3.06. The average molecular weight is 342 g/mol. The van der Waals surface area contributed by atoms with Crippen molar-refractivity contribution in [2.75, 3.05) is 26.2 Å². The van der Waals surface area contributed by atoms with Crippen molar-refractivity contribution in [3.05, 3.63) is 53.3 Å². The number of morpholine rings is 1. The zero-order chi connectivity index (χ0) is 17.6. The average Bonchev–Trinajstić information content (AvgIpc) is 3.07. The third kappa shape index (κ3) is 4.39. The molecule has 1 aliphatic heterocycles. The molecule has 1 aliphatic rings. The first kappa shape index (κ1) is 17.5. The molecule has 1 fully saturated rings. The molecule has 1 N–H and O–H groups in total. The van der Waals surface area contributed by atoms with Crippen molar-refractivity contribution in [2.45, 2.75) is 25.9 Å². The molecule has 0 bridgehead atoms. The van der Waals surface area contributed by atoms with Crippen LogP contribution in [0.3, 0.4) is 0 Å². The van der Waals surface area contributed by atoms with Gasteiger partial charge in [0.1, 0.15) is 6.10 Å². The van der Waals surface area contributed by atoms with Crippen LogP contribution in [0.4, 0.5) is 4.79 Å². The zero-order valence-corrected chi connectivity index (χ0v) is 14.9. The van der Waals surface area contributed by atoms with E-state index in [0.717, 1.165) is 24.1 Å². The summed E-state index contributed by atoms with van der Waals surface area (Å²) < 4.78 is 7.69. The number of benzene rings is 1. The summed E-state index contributed by atoms with van der Waals surface area (Å²) in [7, 11) is 1.91. The Kier molecular flexibility index (Phi) is 5.71. The van der Waals surface area contributed by atoms with Crippen LogP contribution in [0.1, 0.15) is 29.8 Å². The van der Waals surface area contributed by atoms with E-state index in [1.165, 1.54) is 5.56 Å². The molecule has 2 aromatic rings. The van der Waals surface area contributed by atoms with Gasteiger partial charge in [-0.1, -0.05) is 31.2 Å². The van der Waals surface area contributed by atoms with Crippen LogP contribution in [-0.4, -0.2) is 47.0 Å². The van der Waals surface area contributed by atoms with Gasteiger partial charge in [-0.15, -0.1) is 0 Å². The van der Waals surface area contributed by atoms with Crippen LogP contribution < -0.4 is 5.32 Å². The molecule has 0 aliphatic carbocycles. The van der Waals surface area contributed by atoms with Gasteiger partial charge in [-0.3, -0.25) is 4.68 Å². The molecule has 0 radical (unpaired) electrons. The number of nitrogens with zero attached hydrogens (tertiary/aromatic N) is 3. The van der Waals surface area contributed by atoms with Crippen molar-refractivity contribution in [2.24, 2.45) is 7.05 Å². The number of carbonyl (C=O) groups excluding carboxylic acids is 1. The maximum absolute atomic E-state index is 12.4. The van der Waals surface area contributed by atoms with Crippen LogP contribution in [-0.2, 0) is 24.6 Å². The normalized spacial score (nSPS) is 17.5. The number of urea groups is 1. The van der Waals surface area contributed by atoms with E-state index < -0.39 is 0 Å². The molecule has 0 unspecified atom stereocenters. The number of nitrogens with one attached hydrogen (secondary N) is 1. The molecule has 25 heavy (non-hydrogen) atoms. The Balaban J connectivity index is 1.51. The first-order chi connectivity index (χ1) is 12.2. The summed E-state index contributed by atoms with van der Waals surface area (Å²) in [6.45, 7) is 4.52. The fraction of sp³-hybridized carbons (Fsp3) is 0.474. The van der Waals surface area contributed by atoms with Gasteiger partial charge in [0.2, 0.25) is 0 Å². The lowest BCUT2D eigenvalue weighted by molar-refractivity contribution is -0.0154. The van der Waals surface area contributed by atoms with Gasteiger partial charge in [-0.2, -0.15) is 5.10 Å². The van der Waals surface area contributed by atoms with Crippen molar-refractivity contribution in [3.63, 3.8) is 0 Å². The van der Waals surface area contributed by atoms with Gasteiger partial charge in [0, 0.05) is 38.4 Å². The minimum Gasteiger partial charge on any atom is -0.370 e. The molecule has 2 amide bonds. The highest BCUT2D eigenvalue weighted by Gasteiger charge is 2.25. The van der Waals surface area contributed by atoms with Crippen LogP contribution >= 0.6 is 0 Å². The lowest BCUT2D eigenvalue weighted by atomic mass is 10.0. The highest BCUT2D eigenvalue weighted by atomic mass is 16.5. The Hall–Kier alpha value is -2.34. The molecule has 1 aromatic heterocycles.